The summed E-state index contributed by atoms with van der Waals surface area (Å²) in [5.41, 5.74) is 0.452. The smallest absolute Gasteiger partial charge is 0.254 e. The first-order valence-corrected chi connectivity index (χ1v) is 9.93. The van der Waals surface area contributed by atoms with Gasteiger partial charge in [0.1, 0.15) is 5.82 Å². The van der Waals surface area contributed by atoms with Gasteiger partial charge in [0.15, 0.2) is 0 Å². The van der Waals surface area contributed by atoms with Crippen LogP contribution in [0.25, 0.3) is 0 Å². The van der Waals surface area contributed by atoms with Gasteiger partial charge in [0.25, 0.3) is 5.91 Å². The molecule has 1 aromatic rings. The zero-order valence-electron chi connectivity index (χ0n) is 15.6. The van der Waals surface area contributed by atoms with E-state index in [4.69, 9.17) is 0 Å². The first-order chi connectivity index (χ1) is 12.6. The molecule has 3 aliphatic heterocycles. The molecule has 3 fully saturated rings. The fourth-order valence-electron chi connectivity index (χ4n) is 4.73. The minimum Gasteiger partial charge on any atom is -0.355 e. The van der Waals surface area contributed by atoms with Gasteiger partial charge in [-0.3, -0.25) is 9.59 Å². The third-order valence-corrected chi connectivity index (χ3v) is 6.27. The van der Waals surface area contributed by atoms with E-state index < -0.39 is 0 Å². The van der Waals surface area contributed by atoms with Gasteiger partial charge in [-0.05, 0) is 51.2 Å². The second-order valence-electron chi connectivity index (χ2n) is 7.84. The molecule has 0 bridgehead atoms. The largest absolute Gasteiger partial charge is 0.355 e. The second-order valence-corrected chi connectivity index (χ2v) is 7.84. The molecule has 1 spiro atoms. The van der Waals surface area contributed by atoms with Crippen LogP contribution in [0.5, 0.6) is 0 Å². The molecule has 4 heterocycles. The fraction of sp³-hybridized carbons (Fsp3) is 0.650. The standard InChI is InChI=1S/C20H28N4O2/c1-2-22-12-5-7-20(19(22)26)8-13-24(15-20)17-14-16(6-9-21-17)18(25)23-10-3-4-11-23/h6,9,14H,2-5,7-8,10-13,15H2,1H3. The van der Waals surface area contributed by atoms with Crippen LogP contribution in [0.3, 0.4) is 0 Å². The number of carbonyl (C=O) groups excluding carboxylic acids is 2. The maximum atomic E-state index is 12.9. The molecule has 0 N–H and O–H groups in total. The van der Waals surface area contributed by atoms with Crippen LogP contribution >= 0.6 is 0 Å². The molecule has 0 aliphatic carbocycles. The third-order valence-electron chi connectivity index (χ3n) is 6.27. The molecule has 26 heavy (non-hydrogen) atoms. The lowest BCUT2D eigenvalue weighted by Gasteiger charge is -2.38. The number of piperidine rings is 1. The number of amides is 2. The Kier molecular flexibility index (Phi) is 4.59. The van der Waals surface area contributed by atoms with Crippen LogP contribution in [-0.4, -0.2) is 65.9 Å². The van der Waals surface area contributed by atoms with E-state index in [1.54, 1.807) is 12.3 Å². The van der Waals surface area contributed by atoms with Gasteiger partial charge >= 0.3 is 0 Å². The van der Waals surface area contributed by atoms with Gasteiger partial charge in [-0.15, -0.1) is 0 Å². The van der Waals surface area contributed by atoms with Crippen molar-refractivity contribution in [3.63, 3.8) is 0 Å². The number of anilines is 1. The minimum atomic E-state index is -0.259. The first-order valence-electron chi connectivity index (χ1n) is 9.93. The molecule has 0 aromatic carbocycles. The molecule has 6 nitrogen and oxygen atoms in total. The predicted octanol–water partition coefficient (Wildman–Crippen LogP) is 2.16. The Morgan fingerprint density at radius 1 is 1.15 bits per heavy atom. The number of pyridine rings is 1. The van der Waals surface area contributed by atoms with Crippen LogP contribution in [0, 0.1) is 5.41 Å². The zero-order chi connectivity index (χ0) is 18.1. The first kappa shape index (κ1) is 17.3. The molecular weight excluding hydrogens is 328 g/mol. The normalized spacial score (nSPS) is 26.2. The van der Waals surface area contributed by atoms with Crippen molar-refractivity contribution < 1.29 is 9.59 Å². The number of rotatable bonds is 3. The summed E-state index contributed by atoms with van der Waals surface area (Å²) in [7, 11) is 0. The molecule has 2 amide bonds. The van der Waals surface area contributed by atoms with E-state index in [1.165, 1.54) is 0 Å². The Hall–Kier alpha value is -2.11. The van der Waals surface area contributed by atoms with Crippen molar-refractivity contribution in [1.82, 2.24) is 14.8 Å². The SMILES string of the molecule is CCN1CCCC2(CCN(c3cc(C(=O)N4CCCC4)ccn3)C2)C1=O. The summed E-state index contributed by atoms with van der Waals surface area (Å²) < 4.78 is 0. The van der Waals surface area contributed by atoms with E-state index in [1.807, 2.05) is 15.9 Å². The monoisotopic (exact) mass is 356 g/mol. The topological polar surface area (TPSA) is 56.8 Å². The lowest BCUT2D eigenvalue weighted by molar-refractivity contribution is -0.144. The summed E-state index contributed by atoms with van der Waals surface area (Å²) in [6.07, 6.45) is 6.83. The maximum Gasteiger partial charge on any atom is 0.254 e. The van der Waals surface area contributed by atoms with Gasteiger partial charge in [0.05, 0.1) is 5.41 Å². The van der Waals surface area contributed by atoms with E-state index >= 15 is 0 Å². The Bertz CT molecular complexity index is 701. The fourth-order valence-corrected chi connectivity index (χ4v) is 4.73. The van der Waals surface area contributed by atoms with Crippen molar-refractivity contribution in [2.45, 2.75) is 39.0 Å². The highest BCUT2D eigenvalue weighted by Crippen LogP contribution is 2.41. The quantitative estimate of drug-likeness (QED) is 0.833. The van der Waals surface area contributed by atoms with Crippen molar-refractivity contribution in [2.24, 2.45) is 5.41 Å². The molecule has 0 radical (unpaired) electrons. The van der Waals surface area contributed by atoms with Crippen molar-refractivity contribution in [2.75, 3.05) is 44.2 Å². The number of nitrogens with zero attached hydrogens (tertiary/aromatic N) is 4. The summed E-state index contributed by atoms with van der Waals surface area (Å²) in [5, 5.41) is 0. The number of hydrogen-bond acceptors (Lipinski definition) is 4. The number of hydrogen-bond donors (Lipinski definition) is 0. The van der Waals surface area contributed by atoms with Crippen LogP contribution in [0.15, 0.2) is 18.3 Å². The molecular formula is C20H28N4O2. The average molecular weight is 356 g/mol. The summed E-state index contributed by atoms with van der Waals surface area (Å²) >= 11 is 0. The zero-order valence-corrected chi connectivity index (χ0v) is 15.6. The van der Waals surface area contributed by atoms with Crippen molar-refractivity contribution in [3.8, 4) is 0 Å². The summed E-state index contributed by atoms with van der Waals surface area (Å²) in [4.78, 5) is 36.2. The lowest BCUT2D eigenvalue weighted by Crippen LogP contribution is -2.49. The van der Waals surface area contributed by atoms with Crippen LogP contribution in [0.1, 0.15) is 49.4 Å². The Morgan fingerprint density at radius 3 is 2.73 bits per heavy atom. The van der Waals surface area contributed by atoms with Gasteiger partial charge in [0, 0.05) is 51.0 Å². The summed E-state index contributed by atoms with van der Waals surface area (Å²) in [6.45, 7) is 6.98. The maximum absolute atomic E-state index is 12.9. The highest BCUT2D eigenvalue weighted by atomic mass is 16.2. The summed E-state index contributed by atoms with van der Waals surface area (Å²) in [6, 6.07) is 3.71. The third kappa shape index (κ3) is 2.95. The highest BCUT2D eigenvalue weighted by Gasteiger charge is 2.48. The molecule has 4 rings (SSSR count). The van der Waals surface area contributed by atoms with E-state index in [0.717, 1.165) is 77.2 Å². The van der Waals surface area contributed by atoms with Crippen molar-refractivity contribution in [1.29, 1.82) is 0 Å². The molecule has 1 atom stereocenters. The van der Waals surface area contributed by atoms with Crippen LogP contribution < -0.4 is 4.90 Å². The number of carbonyl (C=O) groups is 2. The van der Waals surface area contributed by atoms with E-state index in [-0.39, 0.29) is 11.3 Å². The molecule has 6 heteroatoms. The van der Waals surface area contributed by atoms with E-state index in [0.29, 0.717) is 11.5 Å². The Balaban J connectivity index is 1.51. The Morgan fingerprint density at radius 2 is 1.96 bits per heavy atom. The number of aromatic nitrogens is 1. The average Bonchev–Trinajstić information content (AvgIpc) is 3.35. The van der Waals surface area contributed by atoms with E-state index in [2.05, 4.69) is 16.8 Å². The summed E-state index contributed by atoms with van der Waals surface area (Å²) in [5.74, 6) is 1.23. The van der Waals surface area contributed by atoms with Gasteiger partial charge in [0.2, 0.25) is 5.91 Å². The van der Waals surface area contributed by atoms with Crippen LogP contribution in [0.4, 0.5) is 5.82 Å². The minimum absolute atomic E-state index is 0.103. The molecule has 140 valence electrons. The molecule has 1 unspecified atom stereocenters. The van der Waals surface area contributed by atoms with Gasteiger partial charge in [-0.2, -0.15) is 0 Å². The Labute approximate surface area is 155 Å². The second kappa shape index (κ2) is 6.89. The predicted molar refractivity (Wildman–Crippen MR) is 100 cm³/mol. The highest BCUT2D eigenvalue weighted by molar-refractivity contribution is 5.95. The van der Waals surface area contributed by atoms with Crippen molar-refractivity contribution >= 4 is 17.6 Å². The van der Waals surface area contributed by atoms with Crippen LogP contribution in [-0.2, 0) is 4.79 Å². The van der Waals surface area contributed by atoms with Gasteiger partial charge in [-0.25, -0.2) is 4.98 Å². The molecule has 3 aliphatic rings. The van der Waals surface area contributed by atoms with Crippen LogP contribution in [0.2, 0.25) is 0 Å². The van der Waals surface area contributed by atoms with Crippen molar-refractivity contribution in [3.05, 3.63) is 23.9 Å². The molecule has 1 aromatic heterocycles. The van der Waals surface area contributed by atoms with E-state index in [9.17, 15) is 9.59 Å². The molecule has 3 saturated heterocycles. The number of likely N-dealkylation sites (tertiary alicyclic amines) is 2. The van der Waals surface area contributed by atoms with Gasteiger partial charge in [-0.1, -0.05) is 0 Å². The van der Waals surface area contributed by atoms with Gasteiger partial charge < -0.3 is 14.7 Å². The molecule has 0 saturated carbocycles. The lowest BCUT2D eigenvalue weighted by atomic mass is 9.78.